The Labute approximate surface area is 195 Å². The number of sulfonamides is 1. The van der Waals surface area contributed by atoms with E-state index in [1.54, 1.807) is 37.3 Å². The Bertz CT molecular complexity index is 1060. The van der Waals surface area contributed by atoms with E-state index in [9.17, 15) is 22.4 Å². The molecular formula is C24H32FN3O4S. The Morgan fingerprint density at radius 1 is 1.06 bits per heavy atom. The molecule has 0 saturated heterocycles. The fraction of sp³-hybridized carbons (Fsp3) is 0.417. The Kier molecular flexibility index (Phi) is 9.40. The van der Waals surface area contributed by atoms with Crippen LogP contribution in [0.3, 0.4) is 0 Å². The molecule has 2 aromatic carbocycles. The Balaban J connectivity index is 2.37. The molecular weight excluding hydrogens is 445 g/mol. The van der Waals surface area contributed by atoms with Crippen molar-refractivity contribution in [1.29, 1.82) is 0 Å². The molecule has 2 amide bonds. The van der Waals surface area contributed by atoms with Crippen LogP contribution in [0.5, 0.6) is 0 Å². The van der Waals surface area contributed by atoms with E-state index in [1.807, 2.05) is 13.8 Å². The summed E-state index contributed by atoms with van der Waals surface area (Å²) >= 11 is 0. The fourth-order valence-electron chi connectivity index (χ4n) is 3.30. The number of benzene rings is 2. The van der Waals surface area contributed by atoms with Crippen LogP contribution in [0.25, 0.3) is 0 Å². The van der Waals surface area contributed by atoms with Crippen molar-refractivity contribution < 1.29 is 22.4 Å². The second-order valence-electron chi connectivity index (χ2n) is 7.87. The molecule has 2 rings (SSSR count). The topological polar surface area (TPSA) is 86.8 Å². The number of aryl methyl sites for hydroxylation is 1. The molecule has 0 aliphatic carbocycles. The van der Waals surface area contributed by atoms with Gasteiger partial charge in [-0.15, -0.1) is 0 Å². The molecule has 0 aliphatic rings. The number of hydrogen-bond acceptors (Lipinski definition) is 4. The maximum Gasteiger partial charge on any atom is 0.244 e. The number of anilines is 1. The first-order chi connectivity index (χ1) is 15.6. The third-order valence-electron chi connectivity index (χ3n) is 5.33. The molecule has 33 heavy (non-hydrogen) atoms. The normalized spacial score (nSPS) is 12.2. The van der Waals surface area contributed by atoms with Gasteiger partial charge in [0.25, 0.3) is 0 Å². The highest BCUT2D eigenvalue weighted by atomic mass is 32.2. The van der Waals surface area contributed by atoms with Gasteiger partial charge in [-0.1, -0.05) is 44.2 Å². The van der Waals surface area contributed by atoms with Crippen LogP contribution in [0.15, 0.2) is 48.5 Å². The number of rotatable bonds is 11. The lowest BCUT2D eigenvalue weighted by atomic mass is 10.1. The van der Waals surface area contributed by atoms with Crippen LogP contribution in [-0.4, -0.2) is 50.5 Å². The van der Waals surface area contributed by atoms with Crippen molar-refractivity contribution in [1.82, 2.24) is 10.2 Å². The smallest absolute Gasteiger partial charge is 0.244 e. The molecule has 0 unspecified atom stereocenters. The molecule has 0 aliphatic heterocycles. The molecule has 0 aromatic heterocycles. The van der Waals surface area contributed by atoms with Gasteiger partial charge in [-0.2, -0.15) is 0 Å². The lowest BCUT2D eigenvalue weighted by Crippen LogP contribution is -2.51. The molecule has 0 spiro atoms. The Morgan fingerprint density at radius 3 is 2.24 bits per heavy atom. The van der Waals surface area contributed by atoms with E-state index >= 15 is 0 Å². The number of nitrogens with zero attached hydrogens (tertiary/aromatic N) is 2. The average Bonchev–Trinajstić information content (AvgIpc) is 2.79. The molecule has 2 aromatic rings. The number of nitrogens with one attached hydrogen (secondary N) is 1. The molecule has 9 heteroatoms. The summed E-state index contributed by atoms with van der Waals surface area (Å²) in [7, 11) is -3.80. The van der Waals surface area contributed by atoms with Gasteiger partial charge in [-0.25, -0.2) is 12.8 Å². The van der Waals surface area contributed by atoms with Crippen molar-refractivity contribution in [2.24, 2.45) is 0 Å². The predicted molar refractivity (Wildman–Crippen MR) is 128 cm³/mol. The van der Waals surface area contributed by atoms with Crippen LogP contribution in [0.2, 0.25) is 0 Å². The summed E-state index contributed by atoms with van der Waals surface area (Å²) < 4.78 is 40.4. The number of amides is 2. The molecule has 0 fully saturated rings. The average molecular weight is 478 g/mol. The zero-order chi connectivity index (χ0) is 24.6. The van der Waals surface area contributed by atoms with E-state index in [-0.39, 0.29) is 18.0 Å². The summed E-state index contributed by atoms with van der Waals surface area (Å²) in [5, 5.41) is 2.74. The maximum atomic E-state index is 14.3. The Morgan fingerprint density at radius 2 is 1.70 bits per heavy atom. The van der Waals surface area contributed by atoms with Gasteiger partial charge in [-0.3, -0.25) is 13.9 Å². The van der Waals surface area contributed by atoms with Crippen molar-refractivity contribution in [3.63, 3.8) is 0 Å². The first-order valence-electron chi connectivity index (χ1n) is 11.0. The van der Waals surface area contributed by atoms with Gasteiger partial charge in [0.15, 0.2) is 0 Å². The van der Waals surface area contributed by atoms with Gasteiger partial charge in [0, 0.05) is 18.7 Å². The highest BCUT2D eigenvalue weighted by Crippen LogP contribution is 2.20. The largest absolute Gasteiger partial charge is 0.354 e. The molecule has 0 bridgehead atoms. The molecule has 7 nitrogen and oxygen atoms in total. The van der Waals surface area contributed by atoms with Crippen molar-refractivity contribution in [3.8, 4) is 0 Å². The summed E-state index contributed by atoms with van der Waals surface area (Å²) in [6, 6.07) is 12.0. The van der Waals surface area contributed by atoms with E-state index in [0.29, 0.717) is 12.2 Å². The lowest BCUT2D eigenvalue weighted by Gasteiger charge is -2.31. The maximum absolute atomic E-state index is 14.3. The van der Waals surface area contributed by atoms with Gasteiger partial charge in [-0.05, 0) is 43.5 Å². The molecule has 1 N–H and O–H groups in total. The predicted octanol–water partition coefficient (Wildman–Crippen LogP) is 3.10. The highest BCUT2D eigenvalue weighted by Gasteiger charge is 2.30. The van der Waals surface area contributed by atoms with Crippen LogP contribution in [0.1, 0.15) is 38.3 Å². The first-order valence-corrected chi connectivity index (χ1v) is 12.8. The molecule has 1 atom stereocenters. The second kappa shape index (κ2) is 11.8. The fourth-order valence-corrected chi connectivity index (χ4v) is 4.15. The third kappa shape index (κ3) is 7.28. The second-order valence-corrected chi connectivity index (χ2v) is 9.78. The number of carbonyl (C=O) groups is 2. The van der Waals surface area contributed by atoms with Gasteiger partial charge in [0.2, 0.25) is 21.8 Å². The van der Waals surface area contributed by atoms with Gasteiger partial charge >= 0.3 is 0 Å². The zero-order valence-electron chi connectivity index (χ0n) is 19.5. The van der Waals surface area contributed by atoms with E-state index in [1.165, 1.54) is 23.1 Å². The summed E-state index contributed by atoms with van der Waals surface area (Å²) in [5.74, 6) is -1.51. The monoisotopic (exact) mass is 477 g/mol. The minimum Gasteiger partial charge on any atom is -0.354 e. The summed E-state index contributed by atoms with van der Waals surface area (Å²) in [5.41, 5.74) is 1.61. The van der Waals surface area contributed by atoms with E-state index < -0.39 is 34.3 Å². The molecule has 0 saturated carbocycles. The minimum atomic E-state index is -3.80. The molecule has 0 radical (unpaired) electrons. The zero-order valence-corrected chi connectivity index (χ0v) is 20.4. The van der Waals surface area contributed by atoms with Gasteiger partial charge in [0.1, 0.15) is 18.4 Å². The summed E-state index contributed by atoms with van der Waals surface area (Å²) in [6.45, 7) is 5.19. The Hall–Kier alpha value is -2.94. The van der Waals surface area contributed by atoms with Crippen LogP contribution in [-0.2, 0) is 32.6 Å². The summed E-state index contributed by atoms with van der Waals surface area (Å²) in [6.07, 6.45) is 2.53. The lowest BCUT2D eigenvalue weighted by molar-refractivity contribution is -0.139. The van der Waals surface area contributed by atoms with Gasteiger partial charge < -0.3 is 10.2 Å². The minimum absolute atomic E-state index is 0.168. The number of hydrogen-bond donors (Lipinski definition) is 1. The first kappa shape index (κ1) is 26.3. The number of carbonyl (C=O) groups excluding carboxylic acids is 2. The van der Waals surface area contributed by atoms with E-state index in [0.717, 1.165) is 29.0 Å². The highest BCUT2D eigenvalue weighted by molar-refractivity contribution is 7.92. The number of halogens is 1. The van der Waals surface area contributed by atoms with Crippen molar-refractivity contribution >= 4 is 27.5 Å². The van der Waals surface area contributed by atoms with Crippen molar-refractivity contribution in [2.75, 3.05) is 23.7 Å². The molecule has 0 heterocycles. The van der Waals surface area contributed by atoms with Crippen molar-refractivity contribution in [3.05, 3.63) is 65.5 Å². The van der Waals surface area contributed by atoms with Crippen LogP contribution in [0.4, 0.5) is 10.1 Å². The van der Waals surface area contributed by atoms with Crippen LogP contribution >= 0.6 is 0 Å². The quantitative estimate of drug-likeness (QED) is 0.539. The van der Waals surface area contributed by atoms with Crippen LogP contribution < -0.4 is 9.62 Å². The SMILES string of the molecule is CCCNC(=O)[C@H](C)N(Cc1ccccc1F)C(=O)CN(c1ccc(CC)cc1)S(C)(=O)=O. The third-order valence-corrected chi connectivity index (χ3v) is 6.47. The summed E-state index contributed by atoms with van der Waals surface area (Å²) in [4.78, 5) is 27.2. The standard InChI is InChI=1S/C24H32FN3O4S/c1-5-15-26-24(30)18(3)27(16-20-9-7-8-10-22(20)25)23(29)17-28(33(4,31)32)21-13-11-19(6-2)12-14-21/h7-14,18H,5-6,15-17H2,1-4H3,(H,26,30)/t18-/m0/s1. The van der Waals surface area contributed by atoms with E-state index in [4.69, 9.17) is 0 Å². The van der Waals surface area contributed by atoms with Crippen molar-refractivity contribution in [2.45, 2.75) is 46.2 Å². The van der Waals surface area contributed by atoms with Gasteiger partial charge in [0.05, 0.1) is 11.9 Å². The van der Waals surface area contributed by atoms with Crippen LogP contribution in [0, 0.1) is 5.82 Å². The molecule has 180 valence electrons. The van der Waals surface area contributed by atoms with E-state index in [2.05, 4.69) is 5.32 Å².